The fourth-order valence-corrected chi connectivity index (χ4v) is 3.78. The summed E-state index contributed by atoms with van der Waals surface area (Å²) in [4.78, 5) is 23.5. The summed E-state index contributed by atoms with van der Waals surface area (Å²) in [6, 6.07) is 0. The van der Waals surface area contributed by atoms with E-state index in [1.807, 2.05) is 0 Å². The van der Waals surface area contributed by atoms with Gasteiger partial charge in [-0.25, -0.2) is 0 Å². The van der Waals surface area contributed by atoms with E-state index in [0.29, 0.717) is 12.8 Å². The van der Waals surface area contributed by atoms with Crippen LogP contribution >= 0.6 is 0 Å². The van der Waals surface area contributed by atoms with E-state index in [1.165, 1.54) is 83.5 Å². The van der Waals surface area contributed by atoms with Crippen LogP contribution in [0.1, 0.15) is 149 Å². The van der Waals surface area contributed by atoms with Crippen LogP contribution in [0.2, 0.25) is 0 Å². The molecule has 1 N–H and O–H groups in total. The number of carbonyl (C=O) groups excluding carboxylic acids is 2. The van der Waals surface area contributed by atoms with Gasteiger partial charge >= 0.3 is 11.9 Å². The Morgan fingerprint density at radius 1 is 0.600 bits per heavy atom. The molecule has 4 nitrogen and oxygen atoms in total. The van der Waals surface area contributed by atoms with Gasteiger partial charge in [0.2, 0.25) is 0 Å². The number of carbonyl (C=O) groups is 2. The number of hydrogen-bond acceptors (Lipinski definition) is 4. The summed E-state index contributed by atoms with van der Waals surface area (Å²) in [6.45, 7) is 4.46. The maximum absolute atomic E-state index is 11.8. The molecule has 0 aliphatic rings. The van der Waals surface area contributed by atoms with Crippen LogP contribution in [0.5, 0.6) is 0 Å². The Bertz CT molecular complexity index is 394. The van der Waals surface area contributed by atoms with Crippen LogP contribution < -0.4 is 0 Å². The van der Waals surface area contributed by atoms with Crippen molar-refractivity contribution in [2.75, 3.05) is 0 Å². The number of aliphatic hydroxyl groups is 1. The van der Waals surface area contributed by atoms with Crippen LogP contribution in [0.25, 0.3) is 0 Å². The second-order valence-electron chi connectivity index (χ2n) is 8.90. The average Bonchev–Trinajstić information content (AvgIpc) is 2.71. The van der Waals surface area contributed by atoms with Crippen molar-refractivity contribution >= 4 is 11.9 Å². The predicted octanol–water partition coefficient (Wildman–Crippen LogP) is 7.65. The van der Waals surface area contributed by atoms with Crippen LogP contribution in [-0.4, -0.2) is 23.1 Å². The number of ether oxygens (including phenoxy) is 1. The van der Waals surface area contributed by atoms with Crippen molar-refractivity contribution in [3.05, 3.63) is 0 Å². The van der Waals surface area contributed by atoms with Crippen molar-refractivity contribution in [1.82, 2.24) is 0 Å². The van der Waals surface area contributed by atoms with Crippen LogP contribution in [-0.2, 0) is 14.3 Å². The van der Waals surface area contributed by atoms with Crippen molar-refractivity contribution < 1.29 is 19.4 Å². The maximum atomic E-state index is 11.8. The Kier molecular flexibility index (Phi) is 22.1. The molecule has 4 heteroatoms. The Morgan fingerprint density at radius 2 is 1.00 bits per heavy atom. The zero-order valence-electron chi connectivity index (χ0n) is 20.1. The van der Waals surface area contributed by atoms with Crippen LogP contribution in [0.3, 0.4) is 0 Å². The lowest BCUT2D eigenvalue weighted by atomic mass is 10.0. The minimum atomic E-state index is -0.692. The van der Waals surface area contributed by atoms with Crippen molar-refractivity contribution in [1.29, 1.82) is 0 Å². The molecule has 0 aliphatic carbocycles. The highest BCUT2D eigenvalue weighted by atomic mass is 16.6. The zero-order valence-corrected chi connectivity index (χ0v) is 20.1. The molecule has 1 unspecified atom stereocenters. The number of unbranched alkanes of at least 4 members (excludes halogenated alkanes) is 16. The first-order valence-electron chi connectivity index (χ1n) is 13.0. The lowest BCUT2D eigenvalue weighted by molar-refractivity contribution is -0.161. The van der Waals surface area contributed by atoms with Gasteiger partial charge in [-0.2, -0.15) is 0 Å². The molecule has 30 heavy (non-hydrogen) atoms. The summed E-state index contributed by atoms with van der Waals surface area (Å²) in [5.41, 5.74) is 0. The SMILES string of the molecule is CCCCCCCCCCCC(=O)OC(=O)CC(O)CCCCCCCCCCC. The van der Waals surface area contributed by atoms with Crippen molar-refractivity contribution in [3.63, 3.8) is 0 Å². The molecule has 0 spiro atoms. The van der Waals surface area contributed by atoms with E-state index >= 15 is 0 Å². The number of hydrogen-bond donors (Lipinski definition) is 1. The maximum Gasteiger partial charge on any atom is 0.316 e. The Labute approximate surface area is 186 Å². The minimum Gasteiger partial charge on any atom is -0.393 e. The highest BCUT2D eigenvalue weighted by Crippen LogP contribution is 2.13. The predicted molar refractivity (Wildman–Crippen MR) is 125 cm³/mol. The molecule has 178 valence electrons. The number of aliphatic hydroxyl groups excluding tert-OH is 1. The smallest absolute Gasteiger partial charge is 0.316 e. The van der Waals surface area contributed by atoms with Gasteiger partial charge in [-0.15, -0.1) is 0 Å². The molecule has 0 aromatic rings. The van der Waals surface area contributed by atoms with Gasteiger partial charge in [0.1, 0.15) is 0 Å². The highest BCUT2D eigenvalue weighted by Gasteiger charge is 2.15. The van der Waals surface area contributed by atoms with Gasteiger partial charge < -0.3 is 9.84 Å². The fraction of sp³-hybridized carbons (Fsp3) is 0.923. The summed E-state index contributed by atoms with van der Waals surface area (Å²) >= 11 is 0. The molecule has 0 saturated carbocycles. The van der Waals surface area contributed by atoms with Crippen molar-refractivity contribution in [2.24, 2.45) is 0 Å². The zero-order chi connectivity index (χ0) is 22.3. The first-order chi connectivity index (χ1) is 14.6. The monoisotopic (exact) mass is 426 g/mol. The van der Waals surface area contributed by atoms with Crippen LogP contribution in [0, 0.1) is 0 Å². The number of esters is 2. The molecule has 0 aromatic carbocycles. The standard InChI is InChI=1S/C26H50O4/c1-3-5-7-9-11-13-15-17-19-21-24(27)23-26(29)30-25(28)22-20-18-16-14-12-10-8-6-4-2/h24,27H,3-23H2,1-2H3. The van der Waals surface area contributed by atoms with E-state index in [2.05, 4.69) is 13.8 Å². The van der Waals surface area contributed by atoms with E-state index in [9.17, 15) is 14.7 Å². The molecule has 0 radical (unpaired) electrons. The van der Waals surface area contributed by atoms with Crippen LogP contribution in [0.15, 0.2) is 0 Å². The largest absolute Gasteiger partial charge is 0.393 e. The summed E-state index contributed by atoms with van der Waals surface area (Å²) in [7, 11) is 0. The third kappa shape index (κ3) is 21.8. The van der Waals surface area contributed by atoms with E-state index in [4.69, 9.17) is 4.74 Å². The molecule has 0 bridgehead atoms. The lowest BCUT2D eigenvalue weighted by Gasteiger charge is -2.09. The van der Waals surface area contributed by atoms with E-state index in [-0.39, 0.29) is 6.42 Å². The number of rotatable bonds is 22. The summed E-state index contributed by atoms with van der Waals surface area (Å²) in [5, 5.41) is 9.97. The fourth-order valence-electron chi connectivity index (χ4n) is 3.78. The van der Waals surface area contributed by atoms with E-state index in [0.717, 1.165) is 32.1 Å². The molecular formula is C26H50O4. The Hall–Kier alpha value is -0.900. The summed E-state index contributed by atoms with van der Waals surface area (Å²) < 4.78 is 4.85. The van der Waals surface area contributed by atoms with Gasteiger partial charge in [-0.3, -0.25) is 9.59 Å². The molecule has 0 rings (SSSR count). The highest BCUT2D eigenvalue weighted by molar-refractivity contribution is 5.85. The molecule has 0 amide bonds. The third-order valence-electron chi connectivity index (χ3n) is 5.76. The van der Waals surface area contributed by atoms with E-state index in [1.54, 1.807) is 0 Å². The second-order valence-corrected chi connectivity index (χ2v) is 8.90. The van der Waals surface area contributed by atoms with Crippen molar-refractivity contribution in [2.45, 2.75) is 155 Å². The first kappa shape index (κ1) is 29.1. The summed E-state index contributed by atoms with van der Waals surface area (Å²) in [5.74, 6) is -1.03. The summed E-state index contributed by atoms with van der Waals surface area (Å²) in [6.07, 6.45) is 21.9. The lowest BCUT2D eigenvalue weighted by Crippen LogP contribution is -2.18. The Morgan fingerprint density at radius 3 is 1.47 bits per heavy atom. The Balaban J connectivity index is 3.48. The first-order valence-corrected chi connectivity index (χ1v) is 13.0. The van der Waals surface area contributed by atoms with E-state index < -0.39 is 18.0 Å². The van der Waals surface area contributed by atoms with Gasteiger partial charge in [0.25, 0.3) is 0 Å². The second kappa shape index (κ2) is 22.8. The molecule has 0 aliphatic heterocycles. The normalized spacial score (nSPS) is 12.1. The van der Waals surface area contributed by atoms with Gasteiger partial charge in [0.05, 0.1) is 12.5 Å². The molecule has 0 saturated heterocycles. The van der Waals surface area contributed by atoms with Gasteiger partial charge in [0, 0.05) is 6.42 Å². The minimum absolute atomic E-state index is 0.0689. The van der Waals surface area contributed by atoms with Gasteiger partial charge in [-0.1, -0.05) is 123 Å². The third-order valence-corrected chi connectivity index (χ3v) is 5.76. The molecule has 1 atom stereocenters. The van der Waals surface area contributed by atoms with Gasteiger partial charge in [0.15, 0.2) is 0 Å². The average molecular weight is 427 g/mol. The van der Waals surface area contributed by atoms with Crippen LogP contribution in [0.4, 0.5) is 0 Å². The molecule has 0 heterocycles. The molecule has 0 fully saturated rings. The van der Waals surface area contributed by atoms with Gasteiger partial charge in [-0.05, 0) is 12.8 Å². The van der Waals surface area contributed by atoms with Crippen molar-refractivity contribution in [3.8, 4) is 0 Å². The molecular weight excluding hydrogens is 376 g/mol. The molecule has 0 aromatic heterocycles. The topological polar surface area (TPSA) is 63.6 Å². The quantitative estimate of drug-likeness (QED) is 0.110.